The summed E-state index contributed by atoms with van der Waals surface area (Å²) in [6, 6.07) is 10.1. The molecule has 27 heavy (non-hydrogen) atoms. The molecule has 6 nitrogen and oxygen atoms in total. The Morgan fingerprint density at radius 1 is 1.04 bits per heavy atom. The molecule has 1 aromatic heterocycles. The van der Waals surface area contributed by atoms with Gasteiger partial charge >= 0.3 is 0 Å². The highest BCUT2D eigenvalue weighted by molar-refractivity contribution is 5.94. The first kappa shape index (κ1) is 17.6. The van der Waals surface area contributed by atoms with E-state index < -0.39 is 0 Å². The third-order valence-corrected chi connectivity index (χ3v) is 5.29. The van der Waals surface area contributed by atoms with Gasteiger partial charge in [-0.15, -0.1) is 0 Å². The van der Waals surface area contributed by atoms with Crippen LogP contribution in [0.3, 0.4) is 0 Å². The van der Waals surface area contributed by atoms with Gasteiger partial charge in [0.05, 0.1) is 11.3 Å². The molecule has 1 saturated heterocycles. The van der Waals surface area contributed by atoms with Crippen molar-refractivity contribution < 1.29 is 4.79 Å². The van der Waals surface area contributed by atoms with Gasteiger partial charge in [-0.05, 0) is 68.0 Å². The van der Waals surface area contributed by atoms with Crippen LogP contribution < -0.4 is 4.90 Å². The molecular formula is C21H25N5O. The minimum absolute atomic E-state index is 0.122. The lowest BCUT2D eigenvalue weighted by molar-refractivity contribution is 0.0724. The van der Waals surface area contributed by atoms with E-state index in [9.17, 15) is 4.79 Å². The van der Waals surface area contributed by atoms with Crippen molar-refractivity contribution in [1.82, 2.24) is 9.88 Å². The summed E-state index contributed by atoms with van der Waals surface area (Å²) in [4.78, 5) is 21.7. The predicted molar refractivity (Wildman–Crippen MR) is 106 cm³/mol. The Balaban J connectivity index is 1.58. The van der Waals surface area contributed by atoms with E-state index in [1.54, 1.807) is 13.2 Å². The number of carbonyl (C=O) groups is 1. The fourth-order valence-electron chi connectivity index (χ4n) is 3.93. The van der Waals surface area contributed by atoms with Crippen LogP contribution in [0.5, 0.6) is 0 Å². The van der Waals surface area contributed by atoms with E-state index in [4.69, 9.17) is 0 Å². The van der Waals surface area contributed by atoms with Gasteiger partial charge in [-0.25, -0.2) is 4.98 Å². The molecule has 4 rings (SSSR count). The largest absolute Gasteiger partial charge is 0.339 e. The molecule has 0 unspecified atom stereocenters. The monoisotopic (exact) mass is 363 g/mol. The highest BCUT2D eigenvalue weighted by Crippen LogP contribution is 2.33. The molecule has 0 N–H and O–H groups in total. The van der Waals surface area contributed by atoms with Crippen LogP contribution in [0.2, 0.25) is 0 Å². The number of aromatic nitrogens is 1. The maximum atomic E-state index is 12.8. The van der Waals surface area contributed by atoms with Crippen LogP contribution in [0.25, 0.3) is 0 Å². The van der Waals surface area contributed by atoms with Crippen molar-refractivity contribution in [2.24, 2.45) is 10.2 Å². The van der Waals surface area contributed by atoms with Gasteiger partial charge in [0.2, 0.25) is 0 Å². The Morgan fingerprint density at radius 2 is 1.81 bits per heavy atom. The molecule has 3 heterocycles. The molecule has 0 bridgehead atoms. The first-order valence-electron chi connectivity index (χ1n) is 9.72. The quantitative estimate of drug-likeness (QED) is 0.754. The summed E-state index contributed by atoms with van der Waals surface area (Å²) in [5.74, 6) is 1.08. The first-order valence-corrected chi connectivity index (χ1v) is 9.72. The molecule has 2 aliphatic heterocycles. The summed E-state index contributed by atoms with van der Waals surface area (Å²) in [6.45, 7) is 2.65. The van der Waals surface area contributed by atoms with E-state index in [2.05, 4.69) is 20.1 Å². The molecule has 140 valence electrons. The SMILES string of the molecule is C/N=N/c1ccc(N2CCCc3cc(C(=O)N4CCCCC4)cnc32)cc1. The number of pyridine rings is 1. The average Bonchev–Trinajstić information content (AvgIpc) is 2.74. The fourth-order valence-corrected chi connectivity index (χ4v) is 3.93. The van der Waals surface area contributed by atoms with Gasteiger partial charge in [0.1, 0.15) is 5.82 Å². The maximum Gasteiger partial charge on any atom is 0.255 e. The second kappa shape index (κ2) is 7.86. The summed E-state index contributed by atoms with van der Waals surface area (Å²) in [5, 5.41) is 7.87. The number of benzene rings is 1. The molecule has 6 heteroatoms. The molecule has 1 aromatic carbocycles. The minimum Gasteiger partial charge on any atom is -0.339 e. The van der Waals surface area contributed by atoms with Gasteiger partial charge in [0.25, 0.3) is 5.91 Å². The standard InChI is InChI=1S/C21H25N5O/c1-22-24-18-7-9-19(10-8-18)26-13-5-6-16-14-17(15-23-20(16)26)21(27)25-11-3-2-4-12-25/h7-10,14-15H,2-6,11-13H2,1H3/b24-22+. The number of piperidine rings is 1. The van der Waals surface area contributed by atoms with E-state index in [0.717, 1.165) is 73.6 Å². The van der Waals surface area contributed by atoms with Crippen molar-refractivity contribution in [3.63, 3.8) is 0 Å². The van der Waals surface area contributed by atoms with Crippen molar-refractivity contribution in [2.45, 2.75) is 32.1 Å². The van der Waals surface area contributed by atoms with Crippen LogP contribution in [0.1, 0.15) is 41.6 Å². The molecule has 1 fully saturated rings. The van der Waals surface area contributed by atoms with Crippen molar-refractivity contribution in [1.29, 1.82) is 0 Å². The number of aryl methyl sites for hydroxylation is 1. The van der Waals surface area contributed by atoms with Gasteiger partial charge in [-0.3, -0.25) is 4.79 Å². The van der Waals surface area contributed by atoms with Gasteiger partial charge in [-0.2, -0.15) is 10.2 Å². The van der Waals surface area contributed by atoms with E-state index in [1.807, 2.05) is 35.2 Å². The molecule has 2 aliphatic rings. The normalized spacial score (nSPS) is 17.2. The third kappa shape index (κ3) is 3.70. The van der Waals surface area contributed by atoms with Crippen LogP contribution in [0.4, 0.5) is 17.2 Å². The zero-order chi connectivity index (χ0) is 18.6. The first-order chi connectivity index (χ1) is 13.3. The molecule has 1 amide bonds. The van der Waals surface area contributed by atoms with Crippen LogP contribution in [-0.2, 0) is 6.42 Å². The summed E-state index contributed by atoms with van der Waals surface area (Å²) in [5.41, 5.74) is 3.81. The molecule has 0 aliphatic carbocycles. The highest BCUT2D eigenvalue weighted by Gasteiger charge is 2.23. The third-order valence-electron chi connectivity index (χ3n) is 5.29. The Labute approximate surface area is 159 Å². The molecular weight excluding hydrogens is 338 g/mol. The second-order valence-electron chi connectivity index (χ2n) is 7.13. The molecule has 0 spiro atoms. The Hall–Kier alpha value is -2.76. The van der Waals surface area contributed by atoms with Crippen molar-refractivity contribution in [2.75, 3.05) is 31.6 Å². The number of nitrogens with zero attached hydrogens (tertiary/aromatic N) is 5. The zero-order valence-electron chi connectivity index (χ0n) is 15.8. The molecule has 0 radical (unpaired) electrons. The van der Waals surface area contributed by atoms with Crippen molar-refractivity contribution in [3.05, 3.63) is 47.7 Å². The van der Waals surface area contributed by atoms with E-state index in [0.29, 0.717) is 0 Å². The van der Waals surface area contributed by atoms with E-state index >= 15 is 0 Å². The van der Waals surface area contributed by atoms with E-state index in [-0.39, 0.29) is 5.91 Å². The van der Waals surface area contributed by atoms with Crippen molar-refractivity contribution in [3.8, 4) is 0 Å². The number of rotatable bonds is 3. The fraction of sp³-hybridized carbons (Fsp3) is 0.429. The number of amides is 1. The van der Waals surface area contributed by atoms with Crippen LogP contribution in [0.15, 0.2) is 46.8 Å². The number of likely N-dealkylation sites (tertiary alicyclic amines) is 1. The van der Waals surface area contributed by atoms with Crippen LogP contribution in [0, 0.1) is 0 Å². The average molecular weight is 363 g/mol. The molecule has 0 atom stereocenters. The summed E-state index contributed by atoms with van der Waals surface area (Å²) < 4.78 is 0. The molecule has 2 aromatic rings. The van der Waals surface area contributed by atoms with Gasteiger partial charge in [-0.1, -0.05) is 0 Å². The number of anilines is 2. The highest BCUT2D eigenvalue weighted by atomic mass is 16.2. The van der Waals surface area contributed by atoms with Crippen LogP contribution >= 0.6 is 0 Å². The Bertz CT molecular complexity index is 840. The number of fused-ring (bicyclic) bond motifs is 1. The predicted octanol–water partition coefficient (Wildman–Crippen LogP) is 4.51. The van der Waals surface area contributed by atoms with Crippen LogP contribution in [-0.4, -0.2) is 42.5 Å². The number of carbonyl (C=O) groups excluding carboxylic acids is 1. The van der Waals surface area contributed by atoms with Gasteiger partial charge < -0.3 is 9.80 Å². The van der Waals surface area contributed by atoms with Gasteiger partial charge in [0.15, 0.2) is 0 Å². The summed E-state index contributed by atoms with van der Waals surface area (Å²) >= 11 is 0. The molecule has 0 saturated carbocycles. The second-order valence-corrected chi connectivity index (χ2v) is 7.13. The van der Waals surface area contributed by atoms with Crippen molar-refractivity contribution >= 4 is 23.1 Å². The maximum absolute atomic E-state index is 12.8. The lowest BCUT2D eigenvalue weighted by Gasteiger charge is -2.31. The minimum atomic E-state index is 0.122. The summed E-state index contributed by atoms with van der Waals surface area (Å²) in [6.07, 6.45) is 7.18. The lowest BCUT2D eigenvalue weighted by Crippen LogP contribution is -2.36. The Kier molecular flexibility index (Phi) is 5.14. The van der Waals surface area contributed by atoms with E-state index in [1.165, 1.54) is 6.42 Å². The lowest BCUT2D eigenvalue weighted by atomic mass is 10.0. The number of hydrogen-bond donors (Lipinski definition) is 0. The van der Waals surface area contributed by atoms with Gasteiger partial charge in [0, 0.05) is 38.6 Å². The topological polar surface area (TPSA) is 61.2 Å². The smallest absolute Gasteiger partial charge is 0.255 e. The Morgan fingerprint density at radius 3 is 2.56 bits per heavy atom. The summed E-state index contributed by atoms with van der Waals surface area (Å²) in [7, 11) is 1.67. The number of hydrogen-bond acceptors (Lipinski definition) is 5. The number of azo groups is 1. The zero-order valence-corrected chi connectivity index (χ0v) is 15.8.